The zero-order valence-corrected chi connectivity index (χ0v) is 11.4. The molecule has 0 aromatic heterocycles. The molecular formula is C10H16N2O5S-2. The van der Waals surface area contributed by atoms with Gasteiger partial charge in [-0.3, -0.25) is 8.42 Å². The van der Waals surface area contributed by atoms with E-state index in [2.05, 4.69) is 0 Å². The Morgan fingerprint density at radius 2 is 1.28 bits per heavy atom. The van der Waals surface area contributed by atoms with Crippen LogP contribution in [0.1, 0.15) is 16.7 Å². The molecule has 7 nitrogen and oxygen atoms in total. The van der Waals surface area contributed by atoms with E-state index in [4.69, 9.17) is 33.7 Å². The highest BCUT2D eigenvalue weighted by Gasteiger charge is 2.13. The second-order valence-electron chi connectivity index (χ2n) is 3.64. The van der Waals surface area contributed by atoms with E-state index in [9.17, 15) is 0 Å². The first-order chi connectivity index (χ1) is 8.00. The highest BCUT2D eigenvalue weighted by atomic mass is 32.3. The van der Waals surface area contributed by atoms with Crippen molar-refractivity contribution in [3.63, 3.8) is 0 Å². The molecule has 1 rings (SSSR count). The molecule has 0 amide bonds. The van der Waals surface area contributed by atoms with Crippen molar-refractivity contribution in [2.75, 3.05) is 18.6 Å². The Labute approximate surface area is 106 Å². The number of hydrogen-bond donors (Lipinski definition) is 2. The summed E-state index contributed by atoms with van der Waals surface area (Å²) >= 11 is 0. The van der Waals surface area contributed by atoms with Crippen molar-refractivity contribution in [2.24, 2.45) is 0 Å². The Morgan fingerprint density at radius 3 is 1.61 bits per heavy atom. The Balaban J connectivity index is 0.000000494. The van der Waals surface area contributed by atoms with E-state index in [1.807, 2.05) is 20.8 Å². The van der Waals surface area contributed by atoms with Crippen molar-refractivity contribution in [3.8, 4) is 5.75 Å². The molecule has 18 heavy (non-hydrogen) atoms. The highest BCUT2D eigenvalue weighted by Crippen LogP contribution is 2.36. The van der Waals surface area contributed by atoms with Gasteiger partial charge in [-0.2, -0.15) is 0 Å². The minimum atomic E-state index is -5.17. The summed E-state index contributed by atoms with van der Waals surface area (Å²) in [5, 5.41) is 0. The van der Waals surface area contributed by atoms with Crippen molar-refractivity contribution < 1.29 is 22.3 Å². The van der Waals surface area contributed by atoms with Gasteiger partial charge < -0.3 is 25.3 Å². The summed E-state index contributed by atoms with van der Waals surface area (Å²) in [5.41, 5.74) is 16.2. The average Bonchev–Trinajstić information content (AvgIpc) is 2.22. The van der Waals surface area contributed by atoms with Crippen LogP contribution in [-0.4, -0.2) is 24.6 Å². The number of anilines is 2. The lowest BCUT2D eigenvalue weighted by atomic mass is 10.0. The van der Waals surface area contributed by atoms with Gasteiger partial charge in [0.1, 0.15) is 5.75 Å². The van der Waals surface area contributed by atoms with E-state index in [0.29, 0.717) is 11.4 Å². The Bertz CT molecular complexity index is 503. The first-order valence-electron chi connectivity index (χ1n) is 4.86. The van der Waals surface area contributed by atoms with E-state index in [-0.39, 0.29) is 0 Å². The van der Waals surface area contributed by atoms with Gasteiger partial charge in [-0.05, 0) is 31.9 Å². The van der Waals surface area contributed by atoms with Crippen molar-refractivity contribution in [2.45, 2.75) is 20.8 Å². The van der Waals surface area contributed by atoms with E-state index in [0.717, 1.165) is 22.4 Å². The van der Waals surface area contributed by atoms with Gasteiger partial charge in [0, 0.05) is 21.6 Å². The molecule has 0 saturated heterocycles. The number of nitrogen functional groups attached to an aromatic ring is 2. The molecule has 0 unspecified atom stereocenters. The number of nitrogens with two attached hydrogens (primary N) is 2. The van der Waals surface area contributed by atoms with Gasteiger partial charge in [-0.25, -0.2) is 0 Å². The van der Waals surface area contributed by atoms with Gasteiger partial charge >= 0.3 is 0 Å². The van der Waals surface area contributed by atoms with Crippen LogP contribution in [0, 0.1) is 20.8 Å². The minimum Gasteiger partial charge on any atom is -0.759 e. The number of ether oxygens (including phenoxy) is 1. The third kappa shape index (κ3) is 4.40. The largest absolute Gasteiger partial charge is 0.759 e. The van der Waals surface area contributed by atoms with Gasteiger partial charge in [-0.1, -0.05) is 0 Å². The first kappa shape index (κ1) is 16.5. The molecule has 0 bridgehead atoms. The zero-order valence-electron chi connectivity index (χ0n) is 10.6. The fourth-order valence-electron chi connectivity index (χ4n) is 1.44. The molecule has 4 N–H and O–H groups in total. The predicted octanol–water partition coefficient (Wildman–Crippen LogP) is 0.447. The Kier molecular flexibility index (Phi) is 5.40. The van der Waals surface area contributed by atoms with Crippen LogP contribution < -0.4 is 16.2 Å². The number of benzene rings is 1. The summed E-state index contributed by atoms with van der Waals surface area (Å²) in [4.78, 5) is 0. The van der Waals surface area contributed by atoms with Crippen LogP contribution in [0.3, 0.4) is 0 Å². The number of rotatable bonds is 1. The van der Waals surface area contributed by atoms with Gasteiger partial charge in [0.25, 0.3) is 0 Å². The molecule has 1 aromatic carbocycles. The summed E-state index contributed by atoms with van der Waals surface area (Å²) in [6.07, 6.45) is 0. The summed E-state index contributed by atoms with van der Waals surface area (Å²) in [6, 6.07) is 0. The Morgan fingerprint density at radius 1 is 0.944 bits per heavy atom. The standard InChI is InChI=1S/C10H16N2O.H2O4S/c1-5-6(2)9(12)10(13-4)7(3)8(5)11;1-5(2,3)4/h11-12H2,1-4H3;(H2,1,2,3,4)/p-2. The van der Waals surface area contributed by atoms with Crippen LogP contribution in [0.4, 0.5) is 11.4 Å². The molecule has 0 atom stereocenters. The smallest absolute Gasteiger partial charge is 0.146 e. The molecule has 1 aromatic rings. The molecule has 104 valence electrons. The molecule has 0 radical (unpaired) electrons. The molecule has 0 aliphatic heterocycles. The van der Waals surface area contributed by atoms with Crippen LogP contribution in [0.25, 0.3) is 0 Å². The summed E-state index contributed by atoms with van der Waals surface area (Å²) in [5.74, 6) is 0.695. The molecule has 0 aliphatic rings. The van der Waals surface area contributed by atoms with Crippen LogP contribution in [-0.2, 0) is 10.4 Å². The molecule has 0 aliphatic carbocycles. The normalized spacial score (nSPS) is 10.6. The molecule has 0 spiro atoms. The van der Waals surface area contributed by atoms with E-state index in [1.54, 1.807) is 7.11 Å². The minimum absolute atomic E-state index is 0.687. The monoisotopic (exact) mass is 276 g/mol. The summed E-state index contributed by atoms with van der Waals surface area (Å²) < 4.78 is 39.3. The maximum atomic E-state index is 8.52. The van der Waals surface area contributed by atoms with Crippen LogP contribution in [0.2, 0.25) is 0 Å². The zero-order chi connectivity index (χ0) is 14.7. The summed E-state index contributed by atoms with van der Waals surface area (Å²) in [6.45, 7) is 5.83. The SMILES string of the molecule is COc1c(C)c(N)c(C)c(C)c1N.O=S(=O)([O-])[O-]. The van der Waals surface area contributed by atoms with Crippen LogP contribution in [0.15, 0.2) is 0 Å². The van der Waals surface area contributed by atoms with E-state index < -0.39 is 10.4 Å². The van der Waals surface area contributed by atoms with Gasteiger partial charge in [0.05, 0.1) is 12.8 Å². The highest BCUT2D eigenvalue weighted by molar-refractivity contribution is 7.79. The van der Waals surface area contributed by atoms with E-state index in [1.165, 1.54) is 0 Å². The fourth-order valence-corrected chi connectivity index (χ4v) is 1.44. The lowest BCUT2D eigenvalue weighted by Gasteiger charge is -2.16. The lowest BCUT2D eigenvalue weighted by Crippen LogP contribution is -2.04. The predicted molar refractivity (Wildman–Crippen MR) is 66.5 cm³/mol. The maximum Gasteiger partial charge on any atom is 0.146 e. The molecular weight excluding hydrogens is 260 g/mol. The molecule has 0 fully saturated rings. The van der Waals surface area contributed by atoms with Crippen molar-refractivity contribution in [3.05, 3.63) is 16.7 Å². The lowest BCUT2D eigenvalue weighted by molar-refractivity contribution is 0.352. The van der Waals surface area contributed by atoms with Gasteiger partial charge in [-0.15, -0.1) is 0 Å². The van der Waals surface area contributed by atoms with Crippen LogP contribution >= 0.6 is 0 Å². The average molecular weight is 276 g/mol. The quantitative estimate of drug-likeness (QED) is 0.430. The molecule has 8 heteroatoms. The second-order valence-corrected chi connectivity index (χ2v) is 4.46. The van der Waals surface area contributed by atoms with Crippen molar-refractivity contribution in [1.82, 2.24) is 0 Å². The van der Waals surface area contributed by atoms with E-state index >= 15 is 0 Å². The second kappa shape index (κ2) is 5.89. The summed E-state index contributed by atoms with van der Waals surface area (Å²) in [7, 11) is -3.56. The van der Waals surface area contributed by atoms with Crippen LogP contribution in [0.5, 0.6) is 5.75 Å². The van der Waals surface area contributed by atoms with Gasteiger partial charge in [0.15, 0.2) is 0 Å². The molecule has 0 saturated carbocycles. The maximum absolute atomic E-state index is 8.52. The van der Waals surface area contributed by atoms with Gasteiger partial charge in [0.2, 0.25) is 0 Å². The first-order valence-corrected chi connectivity index (χ1v) is 6.19. The Hall–Kier alpha value is -1.51. The molecule has 0 heterocycles. The van der Waals surface area contributed by atoms with Crippen molar-refractivity contribution in [1.29, 1.82) is 0 Å². The van der Waals surface area contributed by atoms with Crippen molar-refractivity contribution >= 4 is 21.8 Å². The number of hydrogen-bond acceptors (Lipinski definition) is 7. The third-order valence-corrected chi connectivity index (χ3v) is 2.56. The third-order valence-electron chi connectivity index (χ3n) is 2.56. The fraction of sp³-hybridized carbons (Fsp3) is 0.400. The number of methoxy groups -OCH3 is 1. The topological polar surface area (TPSA) is 142 Å².